The maximum atomic E-state index is 12.7. The highest BCUT2D eigenvalue weighted by atomic mass is 16.1. The second kappa shape index (κ2) is 6.60. The molecule has 0 aliphatic carbocycles. The number of fused-ring (bicyclic) bond motifs is 1. The van der Waals surface area contributed by atoms with Gasteiger partial charge in [0.15, 0.2) is 16.9 Å². The van der Waals surface area contributed by atoms with Crippen molar-refractivity contribution in [1.82, 2.24) is 24.5 Å². The monoisotopic (exact) mass is 359 g/mol. The number of benzene rings is 2. The van der Waals surface area contributed by atoms with Crippen molar-refractivity contribution in [3.8, 4) is 5.69 Å². The fraction of sp³-hybridized carbons (Fsp3) is 0.150. The van der Waals surface area contributed by atoms with Gasteiger partial charge in [-0.3, -0.25) is 14.2 Å². The summed E-state index contributed by atoms with van der Waals surface area (Å²) in [5, 5.41) is 8.09. The zero-order chi connectivity index (χ0) is 19.0. The Balaban J connectivity index is 1.74. The van der Waals surface area contributed by atoms with Gasteiger partial charge in [0.25, 0.3) is 5.56 Å². The molecule has 0 fully saturated rings. The zero-order valence-electron chi connectivity index (χ0n) is 15.0. The fourth-order valence-electron chi connectivity index (χ4n) is 3.07. The van der Waals surface area contributed by atoms with Crippen molar-refractivity contribution in [3.05, 3.63) is 81.9 Å². The van der Waals surface area contributed by atoms with E-state index in [2.05, 4.69) is 21.4 Å². The first kappa shape index (κ1) is 16.8. The molecule has 0 atom stereocenters. The molecule has 0 saturated heterocycles. The summed E-state index contributed by atoms with van der Waals surface area (Å²) in [6.07, 6.45) is 1.37. The normalized spacial score (nSPS) is 11.0. The Morgan fingerprint density at radius 2 is 1.74 bits per heavy atom. The van der Waals surface area contributed by atoms with E-state index in [4.69, 9.17) is 0 Å². The van der Waals surface area contributed by atoms with Crippen LogP contribution in [-0.4, -0.2) is 30.3 Å². The van der Waals surface area contributed by atoms with E-state index in [0.29, 0.717) is 11.2 Å². The largest absolute Gasteiger partial charge is 0.292 e. The molecule has 7 heteroatoms. The lowest BCUT2D eigenvalue weighted by Crippen LogP contribution is -2.25. The van der Waals surface area contributed by atoms with E-state index >= 15 is 0 Å². The standard InChI is InChI=1S/C20H17N5O2/c1-13-8-14(2)10-16(9-13)25-19-18(22-23-25)20(27)24(12-21-19)11-17(26)15-6-4-3-5-7-15/h3-10,12H,11H2,1-2H3. The highest BCUT2D eigenvalue weighted by Gasteiger charge is 2.15. The SMILES string of the molecule is Cc1cc(C)cc(-n2nnc3c(=O)n(CC(=O)c4ccccc4)cnc32)c1. The van der Waals surface area contributed by atoms with Crippen molar-refractivity contribution in [2.24, 2.45) is 0 Å². The molecular weight excluding hydrogens is 342 g/mol. The number of ketones is 1. The van der Waals surface area contributed by atoms with E-state index < -0.39 is 0 Å². The lowest BCUT2D eigenvalue weighted by Gasteiger charge is -2.06. The number of rotatable bonds is 4. The summed E-state index contributed by atoms with van der Waals surface area (Å²) in [5.74, 6) is -0.166. The third kappa shape index (κ3) is 3.15. The predicted octanol–water partition coefficient (Wildman–Crippen LogP) is 2.48. The minimum Gasteiger partial charge on any atom is -0.292 e. The van der Waals surface area contributed by atoms with Gasteiger partial charge in [0, 0.05) is 5.56 Å². The number of carbonyl (C=O) groups excluding carboxylic acids is 1. The lowest BCUT2D eigenvalue weighted by molar-refractivity contribution is 0.0970. The molecule has 0 aliphatic rings. The molecule has 0 amide bonds. The summed E-state index contributed by atoms with van der Waals surface area (Å²) in [4.78, 5) is 29.4. The van der Waals surface area contributed by atoms with Gasteiger partial charge in [0.05, 0.1) is 12.2 Å². The van der Waals surface area contributed by atoms with Gasteiger partial charge in [-0.05, 0) is 37.1 Å². The summed E-state index contributed by atoms with van der Waals surface area (Å²) < 4.78 is 2.80. The van der Waals surface area contributed by atoms with Crippen molar-refractivity contribution >= 4 is 16.9 Å². The average molecular weight is 359 g/mol. The summed E-state index contributed by atoms with van der Waals surface area (Å²) in [7, 11) is 0. The van der Waals surface area contributed by atoms with E-state index in [1.54, 1.807) is 28.9 Å². The summed E-state index contributed by atoms with van der Waals surface area (Å²) in [5.41, 5.74) is 3.61. The summed E-state index contributed by atoms with van der Waals surface area (Å²) >= 11 is 0. The van der Waals surface area contributed by atoms with Crippen LogP contribution in [0.15, 0.2) is 59.7 Å². The Kier molecular flexibility index (Phi) is 4.12. The van der Waals surface area contributed by atoms with Crippen LogP contribution in [0.25, 0.3) is 16.9 Å². The van der Waals surface area contributed by atoms with Crippen molar-refractivity contribution in [2.75, 3.05) is 0 Å². The Labute approximate surface area is 154 Å². The molecule has 0 bridgehead atoms. The second-order valence-electron chi connectivity index (χ2n) is 6.49. The number of hydrogen-bond acceptors (Lipinski definition) is 5. The number of hydrogen-bond donors (Lipinski definition) is 0. The second-order valence-corrected chi connectivity index (χ2v) is 6.49. The highest BCUT2D eigenvalue weighted by molar-refractivity contribution is 5.95. The first-order valence-electron chi connectivity index (χ1n) is 8.51. The molecule has 0 saturated carbocycles. The average Bonchev–Trinajstić information content (AvgIpc) is 3.09. The molecule has 2 heterocycles. The van der Waals surface area contributed by atoms with Gasteiger partial charge in [0.2, 0.25) is 0 Å². The number of Topliss-reactive ketones (excluding diaryl/α,β-unsaturated/α-hetero) is 1. The molecule has 134 valence electrons. The third-order valence-electron chi connectivity index (χ3n) is 4.29. The molecular formula is C20H17N5O2. The third-order valence-corrected chi connectivity index (χ3v) is 4.29. The van der Waals surface area contributed by atoms with Crippen LogP contribution in [-0.2, 0) is 6.54 Å². The van der Waals surface area contributed by atoms with E-state index in [0.717, 1.165) is 16.8 Å². The quantitative estimate of drug-likeness (QED) is 0.523. The van der Waals surface area contributed by atoms with E-state index in [1.807, 2.05) is 32.0 Å². The number of carbonyl (C=O) groups is 1. The minimum absolute atomic E-state index is 0.0950. The van der Waals surface area contributed by atoms with Crippen molar-refractivity contribution < 1.29 is 4.79 Å². The van der Waals surface area contributed by atoms with E-state index in [-0.39, 0.29) is 23.4 Å². The van der Waals surface area contributed by atoms with Gasteiger partial charge in [-0.2, -0.15) is 4.68 Å². The van der Waals surface area contributed by atoms with Crippen LogP contribution in [0, 0.1) is 13.8 Å². The molecule has 0 radical (unpaired) electrons. The molecule has 4 aromatic rings. The Bertz CT molecular complexity index is 1190. The molecule has 2 aromatic heterocycles. The van der Waals surface area contributed by atoms with Crippen molar-refractivity contribution in [2.45, 2.75) is 20.4 Å². The first-order chi connectivity index (χ1) is 13.0. The topological polar surface area (TPSA) is 82.7 Å². The first-order valence-corrected chi connectivity index (χ1v) is 8.51. The Hall–Kier alpha value is -3.61. The van der Waals surface area contributed by atoms with E-state index in [1.165, 1.54) is 10.9 Å². The van der Waals surface area contributed by atoms with Gasteiger partial charge < -0.3 is 0 Å². The van der Waals surface area contributed by atoms with Gasteiger partial charge in [-0.25, -0.2) is 4.98 Å². The Morgan fingerprint density at radius 1 is 1.04 bits per heavy atom. The van der Waals surface area contributed by atoms with E-state index in [9.17, 15) is 9.59 Å². The maximum absolute atomic E-state index is 12.7. The summed E-state index contributed by atoms with van der Waals surface area (Å²) in [6, 6.07) is 14.8. The number of aromatic nitrogens is 5. The number of aryl methyl sites for hydroxylation is 2. The molecule has 4 rings (SSSR count). The van der Waals surface area contributed by atoms with Crippen LogP contribution >= 0.6 is 0 Å². The molecule has 0 aliphatic heterocycles. The molecule has 27 heavy (non-hydrogen) atoms. The molecule has 0 N–H and O–H groups in total. The van der Waals surface area contributed by atoms with Gasteiger partial charge in [-0.1, -0.05) is 41.6 Å². The van der Waals surface area contributed by atoms with Crippen LogP contribution in [0.3, 0.4) is 0 Å². The van der Waals surface area contributed by atoms with Crippen LogP contribution in [0.5, 0.6) is 0 Å². The molecule has 0 spiro atoms. The highest BCUT2D eigenvalue weighted by Crippen LogP contribution is 2.16. The molecule has 2 aromatic carbocycles. The van der Waals surface area contributed by atoms with Crippen molar-refractivity contribution in [3.63, 3.8) is 0 Å². The molecule has 7 nitrogen and oxygen atoms in total. The smallest absolute Gasteiger partial charge is 0.283 e. The van der Waals surface area contributed by atoms with Gasteiger partial charge >= 0.3 is 0 Å². The van der Waals surface area contributed by atoms with Crippen LogP contribution in [0.4, 0.5) is 0 Å². The Morgan fingerprint density at radius 3 is 2.44 bits per heavy atom. The number of nitrogens with zero attached hydrogens (tertiary/aromatic N) is 5. The lowest BCUT2D eigenvalue weighted by atomic mass is 10.1. The molecule has 0 unspecified atom stereocenters. The minimum atomic E-state index is -0.389. The van der Waals surface area contributed by atoms with Gasteiger partial charge in [-0.15, -0.1) is 5.10 Å². The van der Waals surface area contributed by atoms with Crippen LogP contribution in [0.1, 0.15) is 21.5 Å². The fourth-order valence-corrected chi connectivity index (χ4v) is 3.07. The maximum Gasteiger partial charge on any atom is 0.283 e. The van der Waals surface area contributed by atoms with Crippen LogP contribution < -0.4 is 5.56 Å². The van der Waals surface area contributed by atoms with Gasteiger partial charge in [0.1, 0.15) is 6.33 Å². The zero-order valence-corrected chi connectivity index (χ0v) is 15.0. The summed E-state index contributed by atoms with van der Waals surface area (Å²) in [6.45, 7) is 3.89. The van der Waals surface area contributed by atoms with Crippen LogP contribution in [0.2, 0.25) is 0 Å². The predicted molar refractivity (Wildman–Crippen MR) is 101 cm³/mol. The van der Waals surface area contributed by atoms with Crippen molar-refractivity contribution in [1.29, 1.82) is 0 Å².